The van der Waals surface area contributed by atoms with E-state index in [0.717, 1.165) is 10.0 Å². The molecule has 0 aliphatic heterocycles. The van der Waals surface area contributed by atoms with Gasteiger partial charge in [0.05, 0.1) is 0 Å². The van der Waals surface area contributed by atoms with Crippen molar-refractivity contribution in [3.63, 3.8) is 0 Å². The highest BCUT2D eigenvalue weighted by Gasteiger charge is 2.18. The van der Waals surface area contributed by atoms with Crippen molar-refractivity contribution in [2.75, 3.05) is 5.32 Å². The van der Waals surface area contributed by atoms with Gasteiger partial charge in [-0.2, -0.15) is 0 Å². The number of aryl methyl sites for hydroxylation is 1. The lowest BCUT2D eigenvalue weighted by Gasteiger charge is -2.14. The van der Waals surface area contributed by atoms with Crippen LogP contribution in [0.1, 0.15) is 12.0 Å². The van der Waals surface area contributed by atoms with Gasteiger partial charge in [-0.05, 0) is 37.1 Å². The summed E-state index contributed by atoms with van der Waals surface area (Å²) in [6.07, 6.45) is 1.62. The fourth-order valence-electron chi connectivity index (χ4n) is 1.47. The molecule has 0 saturated carbocycles. The highest BCUT2D eigenvalue weighted by molar-refractivity contribution is 9.10. The Balaban J connectivity index is 2.68. The second-order valence-electron chi connectivity index (χ2n) is 3.97. The molecule has 0 heterocycles. The molecule has 0 spiro atoms. The van der Waals surface area contributed by atoms with Crippen LogP contribution in [0.15, 0.2) is 35.3 Å². The van der Waals surface area contributed by atoms with Crippen LogP contribution in [0, 0.1) is 6.92 Å². The summed E-state index contributed by atoms with van der Waals surface area (Å²) in [7, 11) is 0. The van der Waals surface area contributed by atoms with Crippen molar-refractivity contribution in [2.24, 2.45) is 0 Å². The predicted molar refractivity (Wildman–Crippen MR) is 77.3 cm³/mol. The first-order valence-electron chi connectivity index (χ1n) is 5.61. The second-order valence-corrected chi connectivity index (χ2v) is 4.89. The molecule has 1 aromatic carbocycles. The molecule has 1 atom stereocenters. The maximum Gasteiger partial charge on any atom is 0.326 e. The molecule has 0 aromatic heterocycles. The van der Waals surface area contributed by atoms with Gasteiger partial charge in [-0.3, -0.25) is 0 Å². The van der Waals surface area contributed by atoms with Crippen LogP contribution in [-0.2, 0) is 4.79 Å². The van der Waals surface area contributed by atoms with Crippen molar-refractivity contribution in [1.29, 1.82) is 0 Å². The molecular formula is C13H15BrN2O3. The SMILES string of the molecule is C=CCC(NC(=O)Nc1ccc(Br)cc1C)C(=O)O. The van der Waals surface area contributed by atoms with Crippen molar-refractivity contribution in [1.82, 2.24) is 5.32 Å². The highest BCUT2D eigenvalue weighted by Crippen LogP contribution is 2.19. The number of carboxylic acids is 1. The first kappa shape index (κ1) is 15.2. The van der Waals surface area contributed by atoms with Crippen LogP contribution in [0.3, 0.4) is 0 Å². The monoisotopic (exact) mass is 326 g/mol. The summed E-state index contributed by atoms with van der Waals surface area (Å²) in [5.74, 6) is -1.09. The second kappa shape index (κ2) is 6.94. The smallest absolute Gasteiger partial charge is 0.326 e. The molecule has 1 rings (SSSR count). The third kappa shape index (κ3) is 4.75. The molecule has 1 unspecified atom stereocenters. The Labute approximate surface area is 119 Å². The molecule has 5 nitrogen and oxygen atoms in total. The van der Waals surface area contributed by atoms with Crippen molar-refractivity contribution in [2.45, 2.75) is 19.4 Å². The third-order valence-corrected chi connectivity index (χ3v) is 2.94. The highest BCUT2D eigenvalue weighted by atomic mass is 79.9. The van der Waals surface area contributed by atoms with E-state index < -0.39 is 18.0 Å². The van der Waals surface area contributed by atoms with E-state index >= 15 is 0 Å². The standard InChI is InChI=1S/C13H15BrN2O3/c1-3-4-11(12(17)18)16-13(19)15-10-6-5-9(14)7-8(10)2/h3,5-7,11H,1,4H2,2H3,(H,17,18)(H2,15,16,19). The minimum absolute atomic E-state index is 0.169. The van der Waals surface area contributed by atoms with Gasteiger partial charge in [0.25, 0.3) is 0 Å². The van der Waals surface area contributed by atoms with E-state index in [1.807, 2.05) is 13.0 Å². The number of amides is 2. The van der Waals surface area contributed by atoms with Crippen LogP contribution in [0.5, 0.6) is 0 Å². The topological polar surface area (TPSA) is 78.4 Å². The molecular weight excluding hydrogens is 312 g/mol. The number of urea groups is 1. The van der Waals surface area contributed by atoms with Crippen molar-refractivity contribution in [3.8, 4) is 0 Å². The number of benzene rings is 1. The van der Waals surface area contributed by atoms with Crippen molar-refractivity contribution >= 4 is 33.6 Å². The van der Waals surface area contributed by atoms with Crippen LogP contribution in [-0.4, -0.2) is 23.1 Å². The van der Waals surface area contributed by atoms with Gasteiger partial charge in [-0.15, -0.1) is 6.58 Å². The summed E-state index contributed by atoms with van der Waals surface area (Å²) >= 11 is 3.33. The maximum absolute atomic E-state index is 11.7. The van der Waals surface area contributed by atoms with Gasteiger partial charge in [0.15, 0.2) is 0 Å². The van der Waals surface area contributed by atoms with E-state index in [9.17, 15) is 9.59 Å². The number of anilines is 1. The molecule has 0 aliphatic carbocycles. The van der Waals surface area contributed by atoms with E-state index in [1.165, 1.54) is 6.08 Å². The molecule has 0 bridgehead atoms. The summed E-state index contributed by atoms with van der Waals surface area (Å²) in [6.45, 7) is 5.30. The van der Waals surface area contributed by atoms with E-state index in [2.05, 4.69) is 33.1 Å². The van der Waals surface area contributed by atoms with Crippen LogP contribution < -0.4 is 10.6 Å². The number of carboxylic acid groups (broad SMARTS) is 1. The summed E-state index contributed by atoms with van der Waals surface area (Å²) in [4.78, 5) is 22.6. The fourth-order valence-corrected chi connectivity index (χ4v) is 1.95. The summed E-state index contributed by atoms with van der Waals surface area (Å²) < 4.78 is 0.908. The van der Waals surface area contributed by atoms with Gasteiger partial charge in [-0.25, -0.2) is 9.59 Å². The van der Waals surface area contributed by atoms with Gasteiger partial charge in [-0.1, -0.05) is 22.0 Å². The number of hydrogen-bond donors (Lipinski definition) is 3. The van der Waals surface area contributed by atoms with Crippen LogP contribution in [0.4, 0.5) is 10.5 Å². The minimum atomic E-state index is -1.09. The lowest BCUT2D eigenvalue weighted by Crippen LogP contribution is -2.42. The summed E-state index contributed by atoms with van der Waals surface area (Å²) in [5, 5.41) is 13.9. The molecule has 19 heavy (non-hydrogen) atoms. The number of carbonyl (C=O) groups excluding carboxylic acids is 1. The quantitative estimate of drug-likeness (QED) is 0.728. The minimum Gasteiger partial charge on any atom is -0.480 e. The van der Waals surface area contributed by atoms with Gasteiger partial charge < -0.3 is 15.7 Å². The third-order valence-electron chi connectivity index (χ3n) is 2.44. The lowest BCUT2D eigenvalue weighted by atomic mass is 10.2. The molecule has 0 radical (unpaired) electrons. The Bertz CT molecular complexity index is 503. The average Bonchev–Trinajstić information content (AvgIpc) is 2.32. The molecule has 0 fully saturated rings. The normalized spacial score (nSPS) is 11.5. The molecule has 0 saturated heterocycles. The zero-order valence-electron chi connectivity index (χ0n) is 10.4. The number of rotatable bonds is 5. The van der Waals surface area contributed by atoms with Crippen LogP contribution >= 0.6 is 15.9 Å². The predicted octanol–water partition coefficient (Wildman–Crippen LogP) is 2.91. The van der Waals surface area contributed by atoms with Crippen LogP contribution in [0.2, 0.25) is 0 Å². The van der Waals surface area contributed by atoms with E-state index in [0.29, 0.717) is 5.69 Å². The van der Waals surface area contributed by atoms with Gasteiger partial charge >= 0.3 is 12.0 Å². The summed E-state index contributed by atoms with van der Waals surface area (Å²) in [6, 6.07) is 3.85. The lowest BCUT2D eigenvalue weighted by molar-refractivity contribution is -0.139. The molecule has 2 amide bonds. The van der Waals surface area contributed by atoms with Crippen molar-refractivity contribution in [3.05, 3.63) is 40.9 Å². The fraction of sp³-hybridized carbons (Fsp3) is 0.231. The Hall–Kier alpha value is -1.82. The Morgan fingerprint density at radius 3 is 2.74 bits per heavy atom. The van der Waals surface area contributed by atoms with Gasteiger partial charge in [0, 0.05) is 10.2 Å². The van der Waals surface area contributed by atoms with E-state index in [4.69, 9.17) is 5.11 Å². The first-order chi connectivity index (χ1) is 8.93. The molecule has 3 N–H and O–H groups in total. The molecule has 102 valence electrons. The number of hydrogen-bond acceptors (Lipinski definition) is 2. The maximum atomic E-state index is 11.7. The van der Waals surface area contributed by atoms with E-state index in [-0.39, 0.29) is 6.42 Å². The zero-order chi connectivity index (χ0) is 14.4. The molecule has 6 heteroatoms. The Kier molecular flexibility index (Phi) is 5.57. The number of nitrogens with one attached hydrogen (secondary N) is 2. The zero-order valence-corrected chi connectivity index (χ0v) is 12.0. The first-order valence-corrected chi connectivity index (χ1v) is 6.40. The largest absolute Gasteiger partial charge is 0.480 e. The van der Waals surface area contributed by atoms with Gasteiger partial charge in [0.1, 0.15) is 6.04 Å². The number of carbonyl (C=O) groups is 2. The van der Waals surface area contributed by atoms with Gasteiger partial charge in [0.2, 0.25) is 0 Å². The summed E-state index contributed by atoms with van der Waals surface area (Å²) in [5.41, 5.74) is 1.50. The Morgan fingerprint density at radius 1 is 1.53 bits per heavy atom. The Morgan fingerprint density at radius 2 is 2.21 bits per heavy atom. The molecule has 0 aliphatic rings. The average molecular weight is 327 g/mol. The van der Waals surface area contributed by atoms with E-state index in [1.54, 1.807) is 12.1 Å². The van der Waals surface area contributed by atoms with Crippen molar-refractivity contribution < 1.29 is 14.7 Å². The number of aliphatic carboxylic acids is 1. The number of halogens is 1. The molecule has 1 aromatic rings. The van der Waals surface area contributed by atoms with Crippen LogP contribution in [0.25, 0.3) is 0 Å².